The van der Waals surface area contributed by atoms with E-state index in [9.17, 15) is 15.0 Å². The number of fused-ring (bicyclic) bond motifs is 1. The maximum Gasteiger partial charge on any atom is 0.225 e. The lowest BCUT2D eigenvalue weighted by atomic mass is 9.96. The van der Waals surface area contributed by atoms with Crippen molar-refractivity contribution in [2.45, 2.75) is 25.7 Å². The molecule has 0 saturated carbocycles. The number of amides is 1. The minimum Gasteiger partial charge on any atom is -0.388 e. The van der Waals surface area contributed by atoms with Gasteiger partial charge in [0, 0.05) is 14.1 Å². The van der Waals surface area contributed by atoms with Crippen molar-refractivity contribution in [1.82, 2.24) is 15.3 Å². The number of aliphatic hydroxyl groups excluding tert-OH is 2. The Balaban J connectivity index is 1.92. The maximum atomic E-state index is 12.0. The van der Waals surface area contributed by atoms with E-state index in [2.05, 4.69) is 37.8 Å². The average molecular weight is 451 g/mol. The van der Waals surface area contributed by atoms with Crippen molar-refractivity contribution >= 4 is 46.2 Å². The van der Waals surface area contributed by atoms with Gasteiger partial charge < -0.3 is 31.1 Å². The van der Waals surface area contributed by atoms with Crippen LogP contribution in [0.2, 0.25) is 4.34 Å². The van der Waals surface area contributed by atoms with Gasteiger partial charge in [0.1, 0.15) is 11.8 Å². The summed E-state index contributed by atoms with van der Waals surface area (Å²) in [5.74, 6) is 5.92. The summed E-state index contributed by atoms with van der Waals surface area (Å²) in [6, 6.07) is 3.57. The molecule has 30 heavy (non-hydrogen) atoms. The zero-order valence-corrected chi connectivity index (χ0v) is 18.3. The molecule has 160 valence electrons. The van der Waals surface area contributed by atoms with Crippen molar-refractivity contribution in [3.05, 3.63) is 27.2 Å². The summed E-state index contributed by atoms with van der Waals surface area (Å²) in [5.41, 5.74) is 0.585. The number of hydrogen-bond donors (Lipinski definition) is 5. The molecule has 1 amide bonds. The lowest BCUT2D eigenvalue weighted by Crippen LogP contribution is -2.50. The minimum absolute atomic E-state index is 0.193. The average Bonchev–Trinajstić information content (AvgIpc) is 3.37. The Morgan fingerprint density at radius 2 is 2.13 bits per heavy atom. The van der Waals surface area contributed by atoms with Crippen molar-refractivity contribution in [1.29, 1.82) is 0 Å². The molecule has 1 aliphatic rings. The highest BCUT2D eigenvalue weighted by Crippen LogP contribution is 2.36. The second-order valence-corrected chi connectivity index (χ2v) is 8.25. The molecule has 0 saturated heterocycles. The monoisotopic (exact) mass is 450 g/mol. The molecule has 2 aromatic heterocycles. The summed E-state index contributed by atoms with van der Waals surface area (Å²) < 4.78 is 0.638. The van der Waals surface area contributed by atoms with Crippen molar-refractivity contribution < 1.29 is 15.0 Å². The maximum absolute atomic E-state index is 12.0. The number of hydrogen-bond acceptors (Lipinski definition) is 9. The highest BCUT2D eigenvalue weighted by atomic mass is 35.5. The van der Waals surface area contributed by atoms with Crippen molar-refractivity contribution in [2.24, 2.45) is 5.92 Å². The van der Waals surface area contributed by atoms with Gasteiger partial charge in [-0.05, 0) is 30.4 Å². The number of thiophene rings is 1. The van der Waals surface area contributed by atoms with E-state index in [-0.39, 0.29) is 18.4 Å². The first-order chi connectivity index (χ1) is 14.4. The Labute approximate surface area is 183 Å². The van der Waals surface area contributed by atoms with Crippen LogP contribution < -0.4 is 20.9 Å². The van der Waals surface area contributed by atoms with Crippen LogP contribution in [0.1, 0.15) is 24.0 Å². The fourth-order valence-electron chi connectivity index (χ4n) is 3.17. The first kappa shape index (κ1) is 22.1. The van der Waals surface area contributed by atoms with Gasteiger partial charge in [-0.2, -0.15) is 0 Å². The van der Waals surface area contributed by atoms with Crippen LogP contribution in [0.5, 0.6) is 0 Å². The molecule has 9 nitrogen and oxygen atoms in total. The number of rotatable bonds is 6. The number of carbonyl (C=O) groups excluding carboxylic acids is 1. The van der Waals surface area contributed by atoms with Crippen LogP contribution in [-0.4, -0.2) is 59.2 Å². The van der Waals surface area contributed by atoms with Gasteiger partial charge in [0.2, 0.25) is 11.7 Å². The Morgan fingerprint density at radius 3 is 2.73 bits per heavy atom. The first-order valence-corrected chi connectivity index (χ1v) is 10.5. The highest BCUT2D eigenvalue weighted by Gasteiger charge is 2.38. The Morgan fingerprint density at radius 1 is 1.37 bits per heavy atom. The third-order valence-corrected chi connectivity index (χ3v) is 5.90. The summed E-state index contributed by atoms with van der Waals surface area (Å²) in [4.78, 5) is 23.2. The van der Waals surface area contributed by atoms with E-state index in [4.69, 9.17) is 11.6 Å². The minimum atomic E-state index is -1.35. The number of aromatic nitrogens is 2. The van der Waals surface area contributed by atoms with Gasteiger partial charge in [0.15, 0.2) is 17.9 Å². The molecule has 0 aliphatic carbocycles. The van der Waals surface area contributed by atoms with Crippen LogP contribution in [0.15, 0.2) is 12.1 Å². The molecule has 0 spiro atoms. The molecule has 1 aliphatic heterocycles. The predicted molar refractivity (Wildman–Crippen MR) is 118 cm³/mol. The molecule has 3 atom stereocenters. The lowest BCUT2D eigenvalue weighted by molar-refractivity contribution is -0.131. The first-order valence-electron chi connectivity index (χ1n) is 9.35. The smallest absolute Gasteiger partial charge is 0.225 e. The molecule has 0 fully saturated rings. The Kier molecular flexibility index (Phi) is 6.99. The van der Waals surface area contributed by atoms with Gasteiger partial charge in [-0.15, -0.1) is 11.3 Å². The van der Waals surface area contributed by atoms with Crippen LogP contribution >= 0.6 is 22.9 Å². The van der Waals surface area contributed by atoms with Gasteiger partial charge >= 0.3 is 0 Å². The van der Waals surface area contributed by atoms with E-state index in [1.165, 1.54) is 23.3 Å². The van der Waals surface area contributed by atoms with E-state index < -0.39 is 18.2 Å². The molecule has 5 N–H and O–H groups in total. The van der Waals surface area contributed by atoms with E-state index in [0.29, 0.717) is 28.1 Å². The van der Waals surface area contributed by atoms with Crippen LogP contribution in [0, 0.1) is 17.8 Å². The molecule has 0 radical (unpaired) electrons. The summed E-state index contributed by atoms with van der Waals surface area (Å²) in [6.45, 7) is 1.97. The number of anilines is 3. The topological polar surface area (TPSA) is 123 Å². The quantitative estimate of drug-likeness (QED) is 0.417. The Bertz CT molecular complexity index is 988. The number of carbonyl (C=O) groups is 1. The zero-order chi connectivity index (χ0) is 21.8. The molecule has 3 heterocycles. The fourth-order valence-corrected chi connectivity index (χ4v) is 4.07. The van der Waals surface area contributed by atoms with Crippen molar-refractivity contribution in [3.63, 3.8) is 0 Å². The van der Waals surface area contributed by atoms with E-state index >= 15 is 0 Å². The molecule has 1 unspecified atom stereocenters. The summed E-state index contributed by atoms with van der Waals surface area (Å²) in [7, 11) is 3.21. The number of halogens is 1. The van der Waals surface area contributed by atoms with Crippen LogP contribution in [0.3, 0.4) is 0 Å². The zero-order valence-electron chi connectivity index (χ0n) is 16.7. The largest absolute Gasteiger partial charge is 0.388 e. The number of nitrogens with zero attached hydrogens (tertiary/aromatic N) is 3. The standard InChI is InChI=1S/C19H23ClN6O3S/c1-4-11(18(28)22-3)15(27)19(29)26-9-23-14-16(21-2)24-13(25-17(14)26)8-6-10-5-7-12(20)30-10/h5,7,11,15,19,23,27,29H,4,9H2,1-3H3,(H,22,28)(H,21,24,25)/t11?,15-,19-/m1/s1. The van der Waals surface area contributed by atoms with E-state index in [1.807, 2.05) is 6.07 Å². The van der Waals surface area contributed by atoms with Gasteiger partial charge in [-0.25, -0.2) is 9.97 Å². The van der Waals surface area contributed by atoms with Gasteiger partial charge in [-0.3, -0.25) is 4.79 Å². The SMILES string of the molecule is CCC(C(=O)NC)[C@@H](O)[C@@H](O)N1CNc2c(NC)nc(C#Cc3ccc(Cl)s3)nc21. The predicted octanol–water partition coefficient (Wildman–Crippen LogP) is 1.27. The van der Waals surface area contributed by atoms with Crippen molar-refractivity contribution in [3.8, 4) is 11.8 Å². The third-order valence-electron chi connectivity index (χ3n) is 4.76. The number of nitrogens with one attached hydrogen (secondary N) is 3. The third kappa shape index (κ3) is 4.44. The second-order valence-electron chi connectivity index (χ2n) is 6.54. The van der Waals surface area contributed by atoms with Crippen LogP contribution in [0.25, 0.3) is 0 Å². The molecule has 2 aromatic rings. The summed E-state index contributed by atoms with van der Waals surface area (Å²) in [6.07, 6.45) is -2.28. The fraction of sp³-hybridized carbons (Fsp3) is 0.421. The van der Waals surface area contributed by atoms with E-state index in [0.717, 1.165) is 4.88 Å². The summed E-state index contributed by atoms with van der Waals surface area (Å²) >= 11 is 7.28. The van der Waals surface area contributed by atoms with Gasteiger partial charge in [0.05, 0.1) is 21.8 Å². The molecule has 0 aromatic carbocycles. The van der Waals surface area contributed by atoms with E-state index in [1.54, 1.807) is 20.0 Å². The van der Waals surface area contributed by atoms with Crippen LogP contribution in [-0.2, 0) is 4.79 Å². The van der Waals surface area contributed by atoms with Crippen LogP contribution in [0.4, 0.5) is 17.3 Å². The normalized spacial score (nSPS) is 15.3. The molecule has 11 heteroatoms. The molecule has 3 rings (SSSR count). The summed E-state index contributed by atoms with van der Waals surface area (Å²) in [5, 5.41) is 30.1. The molecule has 0 bridgehead atoms. The Hall–Kier alpha value is -2.58. The van der Waals surface area contributed by atoms with Crippen molar-refractivity contribution in [2.75, 3.05) is 36.3 Å². The number of aliphatic hydroxyl groups is 2. The molecular formula is C19H23ClN6O3S. The van der Waals surface area contributed by atoms with Gasteiger partial charge in [0.25, 0.3) is 0 Å². The molecular weight excluding hydrogens is 428 g/mol. The van der Waals surface area contributed by atoms with Gasteiger partial charge in [-0.1, -0.05) is 18.5 Å². The lowest BCUT2D eigenvalue weighted by Gasteiger charge is -2.31. The second kappa shape index (κ2) is 9.49. The highest BCUT2D eigenvalue weighted by molar-refractivity contribution is 7.16.